The SMILES string of the molecule is CCC(C)N(C)C(=O)OC[C@H](C)/C=C/C=C(\C)[C@H]1OC(=O)C[C@H](O)CC[C@@](C)(O)[C@@H](OC(C)=O)/C=C/[C@@H]1C. The molecule has 1 aliphatic rings. The lowest BCUT2D eigenvalue weighted by atomic mass is 9.88. The average molecular weight is 538 g/mol. The Hall–Kier alpha value is -2.65. The van der Waals surface area contributed by atoms with Crippen molar-refractivity contribution in [3.63, 3.8) is 0 Å². The molecule has 0 saturated carbocycles. The van der Waals surface area contributed by atoms with E-state index in [-0.39, 0.29) is 49.8 Å². The molecule has 0 aromatic rings. The Morgan fingerprint density at radius 3 is 2.55 bits per heavy atom. The van der Waals surface area contributed by atoms with Gasteiger partial charge in [-0.1, -0.05) is 45.1 Å². The van der Waals surface area contributed by atoms with Crippen LogP contribution in [-0.2, 0) is 23.8 Å². The summed E-state index contributed by atoms with van der Waals surface area (Å²) in [4.78, 5) is 37.9. The molecule has 1 rings (SSSR count). The van der Waals surface area contributed by atoms with Crippen molar-refractivity contribution < 1.29 is 38.8 Å². The minimum absolute atomic E-state index is 0.0358. The Bertz CT molecular complexity index is 878. The standard InChI is InChI=1S/C29H47NO8/c1-9-22(5)30(8)28(34)36-18-19(2)11-10-12-20(3)27-21(4)13-14-25(37-23(6)31)29(7,35)16-15-24(32)17-26(33)38-27/h10-14,19,21-22,24-25,27,32,35H,9,15-18H2,1-8H3/b11-10+,14-13+,20-12+/t19-,21+,22?,24-,25+,27-,29-/m1/s1. The second kappa shape index (κ2) is 15.7. The molecular weight excluding hydrogens is 490 g/mol. The fraction of sp³-hybridized carbons (Fsp3) is 0.690. The van der Waals surface area contributed by atoms with Crippen molar-refractivity contribution in [1.82, 2.24) is 4.90 Å². The lowest BCUT2D eigenvalue weighted by molar-refractivity contribution is -0.157. The van der Waals surface area contributed by atoms with E-state index in [4.69, 9.17) is 14.2 Å². The summed E-state index contributed by atoms with van der Waals surface area (Å²) in [6.07, 6.45) is 6.90. The van der Waals surface area contributed by atoms with Gasteiger partial charge in [0, 0.05) is 31.8 Å². The summed E-state index contributed by atoms with van der Waals surface area (Å²) >= 11 is 0. The fourth-order valence-electron chi connectivity index (χ4n) is 3.94. The molecule has 7 atom stereocenters. The second-order valence-corrected chi connectivity index (χ2v) is 10.7. The van der Waals surface area contributed by atoms with Crippen LogP contribution in [0.3, 0.4) is 0 Å². The number of aliphatic hydroxyl groups is 2. The second-order valence-electron chi connectivity index (χ2n) is 10.7. The number of cyclic esters (lactones) is 1. The van der Waals surface area contributed by atoms with Gasteiger partial charge in [-0.25, -0.2) is 4.79 Å². The van der Waals surface area contributed by atoms with Gasteiger partial charge in [0.2, 0.25) is 0 Å². The molecule has 0 aromatic carbocycles. The van der Waals surface area contributed by atoms with Crippen molar-refractivity contribution in [2.75, 3.05) is 13.7 Å². The molecule has 2 N–H and O–H groups in total. The number of hydrogen-bond donors (Lipinski definition) is 2. The zero-order valence-electron chi connectivity index (χ0n) is 24.2. The highest BCUT2D eigenvalue weighted by molar-refractivity contribution is 5.70. The van der Waals surface area contributed by atoms with Gasteiger partial charge >= 0.3 is 18.0 Å². The maximum absolute atomic E-state index is 12.6. The Morgan fingerprint density at radius 1 is 1.29 bits per heavy atom. The van der Waals surface area contributed by atoms with E-state index in [2.05, 4.69) is 0 Å². The van der Waals surface area contributed by atoms with Crippen LogP contribution >= 0.6 is 0 Å². The smallest absolute Gasteiger partial charge is 0.409 e. The predicted molar refractivity (Wildman–Crippen MR) is 145 cm³/mol. The molecule has 0 aromatic heterocycles. The first-order valence-corrected chi connectivity index (χ1v) is 13.4. The number of rotatable bonds is 8. The number of allylic oxidation sites excluding steroid dienone is 2. The number of aliphatic hydroxyl groups excluding tert-OH is 1. The molecule has 1 heterocycles. The minimum Gasteiger partial charge on any atom is -0.457 e. The first kappa shape index (κ1) is 33.4. The summed E-state index contributed by atoms with van der Waals surface area (Å²) in [6, 6.07) is 0.0974. The Labute approximate surface area is 227 Å². The van der Waals surface area contributed by atoms with Crippen LogP contribution in [0.15, 0.2) is 36.0 Å². The third-order valence-electron chi connectivity index (χ3n) is 6.87. The highest BCUT2D eigenvalue weighted by atomic mass is 16.6. The molecule has 0 aliphatic carbocycles. The maximum atomic E-state index is 12.6. The third-order valence-corrected chi connectivity index (χ3v) is 6.87. The van der Waals surface area contributed by atoms with Crippen LogP contribution in [-0.4, -0.2) is 76.8 Å². The van der Waals surface area contributed by atoms with E-state index in [1.165, 1.54) is 6.92 Å². The van der Waals surface area contributed by atoms with Crippen molar-refractivity contribution in [2.45, 2.75) is 104 Å². The molecule has 0 spiro atoms. The Morgan fingerprint density at radius 2 is 1.95 bits per heavy atom. The Balaban J connectivity index is 3.03. The first-order valence-electron chi connectivity index (χ1n) is 13.4. The molecule has 0 radical (unpaired) electrons. The monoisotopic (exact) mass is 537 g/mol. The van der Waals surface area contributed by atoms with Crippen LogP contribution < -0.4 is 0 Å². The number of amides is 1. The minimum atomic E-state index is -1.42. The molecule has 0 bridgehead atoms. The molecule has 0 fully saturated rings. The highest BCUT2D eigenvalue weighted by Crippen LogP contribution is 2.27. The van der Waals surface area contributed by atoms with Crippen molar-refractivity contribution in [3.8, 4) is 0 Å². The van der Waals surface area contributed by atoms with Gasteiger partial charge in [0.05, 0.1) is 19.1 Å². The van der Waals surface area contributed by atoms with Gasteiger partial charge in [-0.3, -0.25) is 9.59 Å². The summed E-state index contributed by atoms with van der Waals surface area (Å²) in [5.41, 5.74) is -0.660. The van der Waals surface area contributed by atoms with Crippen LogP contribution in [0.25, 0.3) is 0 Å². The number of carbonyl (C=O) groups excluding carboxylic acids is 3. The normalized spacial score (nSPS) is 29.8. The lowest BCUT2D eigenvalue weighted by Crippen LogP contribution is -2.42. The molecule has 1 unspecified atom stereocenters. The number of esters is 2. The summed E-state index contributed by atoms with van der Waals surface area (Å²) in [5, 5.41) is 21.2. The lowest BCUT2D eigenvalue weighted by Gasteiger charge is -2.32. The number of ether oxygens (including phenoxy) is 3. The number of carbonyl (C=O) groups is 3. The van der Waals surface area contributed by atoms with Crippen molar-refractivity contribution >= 4 is 18.0 Å². The van der Waals surface area contributed by atoms with E-state index in [9.17, 15) is 24.6 Å². The molecule has 9 nitrogen and oxygen atoms in total. The van der Waals surface area contributed by atoms with E-state index in [0.29, 0.717) is 0 Å². The van der Waals surface area contributed by atoms with Crippen LogP contribution in [0.1, 0.15) is 74.1 Å². The van der Waals surface area contributed by atoms with E-state index in [1.807, 2.05) is 52.8 Å². The van der Waals surface area contributed by atoms with Gasteiger partial charge in [-0.05, 0) is 51.7 Å². The average Bonchev–Trinajstić information content (AvgIpc) is 2.84. The summed E-state index contributed by atoms with van der Waals surface area (Å²) in [7, 11) is 1.72. The molecule has 1 aliphatic heterocycles. The molecule has 9 heteroatoms. The largest absolute Gasteiger partial charge is 0.457 e. The number of hydrogen-bond acceptors (Lipinski definition) is 8. The van der Waals surface area contributed by atoms with Crippen molar-refractivity contribution in [2.24, 2.45) is 11.8 Å². The maximum Gasteiger partial charge on any atom is 0.409 e. The first-order chi connectivity index (χ1) is 17.7. The van der Waals surface area contributed by atoms with Crippen LogP contribution in [0.4, 0.5) is 4.79 Å². The molecule has 216 valence electrons. The predicted octanol–water partition coefficient (Wildman–Crippen LogP) is 4.32. The molecule has 0 saturated heterocycles. The van der Waals surface area contributed by atoms with Gasteiger partial charge < -0.3 is 29.3 Å². The summed E-state index contributed by atoms with van der Waals surface area (Å²) in [5.74, 6) is -1.42. The molecule has 1 amide bonds. The summed E-state index contributed by atoms with van der Waals surface area (Å²) in [6.45, 7) is 12.6. The number of nitrogens with zero attached hydrogens (tertiary/aromatic N) is 1. The van der Waals surface area contributed by atoms with Gasteiger partial charge in [0.25, 0.3) is 0 Å². The van der Waals surface area contributed by atoms with E-state index in [1.54, 1.807) is 31.0 Å². The molecular formula is C29H47NO8. The van der Waals surface area contributed by atoms with Crippen LogP contribution in [0.5, 0.6) is 0 Å². The van der Waals surface area contributed by atoms with E-state index < -0.39 is 35.9 Å². The van der Waals surface area contributed by atoms with Crippen molar-refractivity contribution in [3.05, 3.63) is 36.0 Å². The topological polar surface area (TPSA) is 123 Å². The van der Waals surface area contributed by atoms with E-state index in [0.717, 1.165) is 12.0 Å². The van der Waals surface area contributed by atoms with Gasteiger partial charge in [-0.2, -0.15) is 0 Å². The zero-order chi connectivity index (χ0) is 29.0. The quantitative estimate of drug-likeness (QED) is 0.203. The van der Waals surface area contributed by atoms with Crippen LogP contribution in [0, 0.1) is 11.8 Å². The van der Waals surface area contributed by atoms with E-state index >= 15 is 0 Å². The highest BCUT2D eigenvalue weighted by Gasteiger charge is 2.35. The summed E-state index contributed by atoms with van der Waals surface area (Å²) < 4.78 is 16.5. The molecule has 38 heavy (non-hydrogen) atoms. The van der Waals surface area contributed by atoms with Crippen molar-refractivity contribution in [1.29, 1.82) is 0 Å². The van der Waals surface area contributed by atoms with Gasteiger partial charge in [-0.15, -0.1) is 0 Å². The van der Waals surface area contributed by atoms with Crippen LogP contribution in [0.2, 0.25) is 0 Å². The third kappa shape index (κ3) is 11.4. The van der Waals surface area contributed by atoms with Gasteiger partial charge in [0.15, 0.2) is 0 Å². The zero-order valence-corrected chi connectivity index (χ0v) is 24.2. The fourth-order valence-corrected chi connectivity index (χ4v) is 3.94. The van der Waals surface area contributed by atoms with Gasteiger partial charge in [0.1, 0.15) is 17.8 Å². The Kier molecular flexibility index (Phi) is 13.8.